The number of hydrogen-bond donors (Lipinski definition) is 4. The van der Waals surface area contributed by atoms with Gasteiger partial charge in [-0.15, -0.1) is 5.10 Å². The summed E-state index contributed by atoms with van der Waals surface area (Å²) >= 11 is 10.6. The number of hydrogen-bond acceptors (Lipinski definition) is 20. The summed E-state index contributed by atoms with van der Waals surface area (Å²) in [6.45, 7) is 9.86. The van der Waals surface area contributed by atoms with Crippen LogP contribution in [0.2, 0.25) is 22.2 Å². The van der Waals surface area contributed by atoms with Gasteiger partial charge in [-0.05, 0) is 40.4 Å². The van der Waals surface area contributed by atoms with Crippen molar-refractivity contribution in [3.05, 3.63) is 28.9 Å². The number of H-pyrrole nitrogens is 1. The average molecular weight is 1030 g/mol. The molecule has 3 N–H and O–H groups in total. The van der Waals surface area contributed by atoms with Crippen LogP contribution in [-0.4, -0.2) is 113 Å². The van der Waals surface area contributed by atoms with E-state index in [4.69, 9.17) is 52.4 Å². The van der Waals surface area contributed by atoms with Crippen molar-refractivity contribution in [1.29, 1.82) is 5.26 Å². The van der Waals surface area contributed by atoms with Crippen LogP contribution in [0.15, 0.2) is 23.4 Å². The van der Waals surface area contributed by atoms with Gasteiger partial charge in [0.05, 0.1) is 38.4 Å². The molecule has 3 aromatic rings. The number of amides is 1. The fourth-order valence-electron chi connectivity index (χ4n) is 8.16. The molecule has 9 atom stereocenters. The summed E-state index contributed by atoms with van der Waals surface area (Å²) in [5, 5.41) is 20.6. The van der Waals surface area contributed by atoms with Crippen molar-refractivity contribution in [3.8, 4) is 11.9 Å². The second-order valence-electron chi connectivity index (χ2n) is 18.1. The zero-order chi connectivity index (χ0) is 48.4. The zero-order valence-electron chi connectivity index (χ0n) is 38.6. The third-order valence-electron chi connectivity index (χ3n) is 11.8. The third kappa shape index (κ3) is 11.9. The van der Waals surface area contributed by atoms with Crippen LogP contribution in [0.25, 0.3) is 11.2 Å². The molecule has 2 saturated heterocycles. The number of carbonyl (C=O) groups excluding carboxylic acids is 1. The maximum absolute atomic E-state index is 14.3. The van der Waals surface area contributed by atoms with Gasteiger partial charge in [-0.3, -0.25) is 33.5 Å². The molecule has 5 heterocycles. The second kappa shape index (κ2) is 21.6. The van der Waals surface area contributed by atoms with Gasteiger partial charge in [-0.25, -0.2) is 14.5 Å². The summed E-state index contributed by atoms with van der Waals surface area (Å²) in [5.41, 5.74) is -2.10. The van der Waals surface area contributed by atoms with E-state index in [1.807, 2.05) is 55.4 Å². The molecule has 0 radical (unpaired) electrons. The Morgan fingerprint density at radius 2 is 1.79 bits per heavy atom. The number of carbonyl (C=O) groups is 1. The molecule has 0 aromatic carbocycles. The summed E-state index contributed by atoms with van der Waals surface area (Å²) < 4.78 is 75.0. The molecule has 28 heteroatoms. The quantitative estimate of drug-likeness (QED) is 0.0510. The Labute approximate surface area is 396 Å². The molecule has 2 bridgehead atoms. The van der Waals surface area contributed by atoms with E-state index in [0.29, 0.717) is 12.3 Å². The fourth-order valence-corrected chi connectivity index (χ4v) is 21.8. The molecule has 3 fully saturated rings. The van der Waals surface area contributed by atoms with Gasteiger partial charge < -0.3 is 31.9 Å². The molecule has 2 aliphatic heterocycles. The highest BCUT2D eigenvalue weighted by molar-refractivity contribution is 8.44. The highest BCUT2D eigenvalue weighted by Gasteiger charge is 2.60. The Morgan fingerprint density at radius 1 is 1.08 bits per heavy atom. The number of aromatic nitrogens is 7. The number of ether oxygens (including phenoxy) is 2. The number of thiol groups is 1. The Morgan fingerprint density at radius 3 is 2.41 bits per heavy atom. The summed E-state index contributed by atoms with van der Waals surface area (Å²) in [6, 6.07) is 3.67. The molecule has 3 aliphatic rings. The largest absolute Gasteiger partial charge is 0.474 e. The van der Waals surface area contributed by atoms with E-state index in [0.717, 1.165) is 0 Å². The lowest BCUT2D eigenvalue weighted by molar-refractivity contribution is -0.118. The monoisotopic (exact) mass is 1030 g/mol. The van der Waals surface area contributed by atoms with E-state index in [-0.39, 0.29) is 65.3 Å². The number of nitrogens with zero attached hydrogens (tertiary/aromatic N) is 7. The average Bonchev–Trinajstić information content (AvgIpc) is 3.93. The van der Waals surface area contributed by atoms with Crippen molar-refractivity contribution in [3.63, 3.8) is 0 Å². The Bertz CT molecular complexity index is 2350. The molecule has 66 heavy (non-hydrogen) atoms. The van der Waals surface area contributed by atoms with Gasteiger partial charge in [0.1, 0.15) is 30.7 Å². The summed E-state index contributed by atoms with van der Waals surface area (Å²) in [4.78, 5) is 53.8. The lowest BCUT2D eigenvalue weighted by atomic mass is 10.1. The van der Waals surface area contributed by atoms with Crippen molar-refractivity contribution in [1.82, 2.24) is 34.9 Å². The highest BCUT2D eigenvalue weighted by atomic mass is 32.7. The molecule has 0 spiro atoms. The van der Waals surface area contributed by atoms with Crippen LogP contribution in [0.5, 0.6) is 5.88 Å². The molecule has 1 aliphatic carbocycles. The molecule has 6 rings (SSSR count). The van der Waals surface area contributed by atoms with Gasteiger partial charge in [-0.2, -0.15) is 14.9 Å². The zero-order valence-corrected chi connectivity index (χ0v) is 44.1. The minimum absolute atomic E-state index is 0.0671. The van der Waals surface area contributed by atoms with E-state index >= 15 is 0 Å². The van der Waals surface area contributed by atoms with Crippen molar-refractivity contribution >= 4 is 77.7 Å². The van der Waals surface area contributed by atoms with Gasteiger partial charge in [0.2, 0.25) is 17.7 Å². The number of anilines is 1. The number of nitrogens with one attached hydrogen (secondary N) is 2. The van der Waals surface area contributed by atoms with E-state index in [9.17, 15) is 24.2 Å². The molecule has 1 amide bonds. The van der Waals surface area contributed by atoms with Crippen LogP contribution in [0.4, 0.5) is 5.95 Å². The standard InChI is InChI=1S/C38H61N9O13P2S2Si2/c1-21(2)35(48)43-38-42-34-31(36(49)44-38)45-46-47(34)37-33-32(59-66(24(7)8,25(9)10)60-65(51,22(3)4)23(5)6)29(56-37)19-53-61(50,63)57-28-17-27(55-30-12-14-40-20-41-30)16-26(28)18-54-62(64,58-33)52-15-11-13-39/h12,14,20-29,32-33,37,51H,11,15-19H2,1-10H3,(H,50,63)(H2,42,43,44,48,49)/t26-,27-,28+,29-,32-,33-,37-,61+,62+/m1/s1. The Kier molecular flexibility index (Phi) is 17.3. The van der Waals surface area contributed by atoms with Crippen LogP contribution in [0.1, 0.15) is 94.7 Å². The normalized spacial score (nSPS) is 28.9. The molecule has 1 saturated carbocycles. The van der Waals surface area contributed by atoms with Crippen molar-refractivity contribution in [2.75, 3.05) is 25.1 Å². The van der Waals surface area contributed by atoms with Gasteiger partial charge in [0.25, 0.3) is 5.56 Å². The lowest BCUT2D eigenvalue weighted by Gasteiger charge is -2.47. The molecule has 0 unspecified atom stereocenters. The second-order valence-corrected chi connectivity index (χ2v) is 32.5. The van der Waals surface area contributed by atoms with Gasteiger partial charge >= 0.3 is 30.6 Å². The van der Waals surface area contributed by atoms with Gasteiger partial charge in [-0.1, -0.05) is 86.7 Å². The Balaban J connectivity index is 1.51. The predicted octanol–water partition coefficient (Wildman–Crippen LogP) is 6.58. The number of nitriles is 1. The minimum Gasteiger partial charge on any atom is -0.474 e. The smallest absolute Gasteiger partial charge is 0.386 e. The third-order valence-corrected chi connectivity index (χ3v) is 25.5. The summed E-state index contributed by atoms with van der Waals surface area (Å²) in [7, 11) is -7.25. The van der Waals surface area contributed by atoms with Crippen molar-refractivity contribution in [2.24, 2.45) is 11.8 Å². The Hall–Kier alpha value is -2.58. The van der Waals surface area contributed by atoms with E-state index in [2.05, 4.69) is 53.9 Å². The van der Waals surface area contributed by atoms with Crippen LogP contribution in [0.3, 0.4) is 0 Å². The van der Waals surface area contributed by atoms with E-state index in [1.54, 1.807) is 26.1 Å². The molecule has 3 aromatic heterocycles. The maximum atomic E-state index is 14.3. The first-order valence-electron chi connectivity index (χ1n) is 22.0. The minimum atomic E-state index is -4.24. The highest BCUT2D eigenvalue weighted by Crippen LogP contribution is 2.60. The van der Waals surface area contributed by atoms with Crippen LogP contribution >= 0.6 is 25.8 Å². The molecular weight excluding hydrogens is 973 g/mol. The van der Waals surface area contributed by atoms with E-state index in [1.165, 1.54) is 11.0 Å². The fraction of sp³-hybridized carbons (Fsp3) is 0.737. The molecule has 22 nitrogen and oxygen atoms in total. The van der Waals surface area contributed by atoms with Crippen LogP contribution in [0, 0.1) is 23.2 Å². The first kappa shape index (κ1) is 52.8. The number of fused-ring (bicyclic) bond motifs is 4. The first-order chi connectivity index (χ1) is 31.0. The van der Waals surface area contributed by atoms with Crippen molar-refractivity contribution < 1.29 is 54.8 Å². The number of rotatable bonds is 16. The summed E-state index contributed by atoms with van der Waals surface area (Å²) in [6.07, 6.45) is -3.04. The maximum Gasteiger partial charge on any atom is 0.386 e. The van der Waals surface area contributed by atoms with Crippen molar-refractivity contribution in [2.45, 2.75) is 147 Å². The van der Waals surface area contributed by atoms with E-state index < -0.39 is 97.3 Å². The van der Waals surface area contributed by atoms with Gasteiger partial charge in [0.15, 0.2) is 17.4 Å². The van der Waals surface area contributed by atoms with Gasteiger partial charge in [0, 0.05) is 30.5 Å². The van der Waals surface area contributed by atoms with Crippen LogP contribution < -0.4 is 15.6 Å². The summed E-state index contributed by atoms with van der Waals surface area (Å²) in [5.74, 6) is -1.23. The lowest BCUT2D eigenvalue weighted by Crippen LogP contribution is -2.62. The SMILES string of the molecule is CC(C)C(=O)Nc1nc2c(nnn2[C@@H]2O[C@@H]3CO[P@](=O)(S)O[C@H]4C[C@H](Oc5ccncn5)C[C@@H]4CO[P@@](=S)(OCCC#N)O[C@@H]2[C@@H]3O[Si](O[Si](O)(C(C)C)C(C)C)(C(C)C)C(C)C)c(=O)[nH]1. The molecular formula is C38H61N9O13P2S2Si2. The topological polar surface area (TPSA) is 276 Å². The van der Waals surface area contributed by atoms with Crippen LogP contribution in [-0.2, 0) is 57.1 Å². The molecule has 366 valence electrons. The first-order valence-corrected chi connectivity index (χ1v) is 31.2. The number of aromatic amines is 1. The predicted molar refractivity (Wildman–Crippen MR) is 251 cm³/mol.